The predicted molar refractivity (Wildman–Crippen MR) is 77.2 cm³/mol. The molecule has 2 atom stereocenters. The van der Waals surface area contributed by atoms with Gasteiger partial charge in [-0.05, 0) is 44.4 Å². The Balaban J connectivity index is 1.75. The van der Waals surface area contributed by atoms with Gasteiger partial charge in [-0.1, -0.05) is 12.1 Å². The summed E-state index contributed by atoms with van der Waals surface area (Å²) in [7, 11) is 1.68. The smallest absolute Gasteiger partial charge is 0.162 e. The molecule has 1 aliphatic heterocycles. The number of piperidine rings is 1. The van der Waals surface area contributed by atoms with E-state index in [2.05, 4.69) is 30.8 Å². The van der Waals surface area contributed by atoms with Crippen LogP contribution >= 0.6 is 0 Å². The average Bonchev–Trinajstić information content (AvgIpc) is 2.94. The molecule has 0 unspecified atom stereocenters. The molecule has 1 aliphatic carbocycles. The summed E-state index contributed by atoms with van der Waals surface area (Å²) >= 11 is 0. The lowest BCUT2D eigenvalue weighted by Gasteiger charge is -2.50. The Bertz CT molecular complexity index is 483. The number of ether oxygens (including phenoxy) is 1. The Hall–Kier alpha value is -0.870. The van der Waals surface area contributed by atoms with Crippen molar-refractivity contribution in [3.8, 4) is 0 Å². The molecule has 1 saturated heterocycles. The highest BCUT2D eigenvalue weighted by Crippen LogP contribution is 2.53. The standard InChI is InChI=1S/C16H26N2O2/c1-15(2)12-5-6-16(3,8-12)11-18(15)9-13-7-14(10-19-4)20-17-13/h7,12H,5-6,8-11H2,1-4H3/t12-,16+/m0/s1. The van der Waals surface area contributed by atoms with E-state index in [0.717, 1.165) is 23.9 Å². The molecule has 3 rings (SSSR count). The maximum atomic E-state index is 5.31. The molecule has 0 N–H and O–H groups in total. The second-order valence-electron chi connectivity index (χ2n) is 7.48. The Kier molecular flexibility index (Phi) is 3.41. The van der Waals surface area contributed by atoms with E-state index < -0.39 is 0 Å². The third-order valence-electron chi connectivity index (χ3n) is 5.47. The second-order valence-corrected chi connectivity index (χ2v) is 7.48. The molecule has 0 amide bonds. The summed E-state index contributed by atoms with van der Waals surface area (Å²) in [5, 5.41) is 4.19. The summed E-state index contributed by atoms with van der Waals surface area (Å²) in [5.41, 5.74) is 1.78. The number of fused-ring (bicyclic) bond motifs is 2. The van der Waals surface area contributed by atoms with Gasteiger partial charge in [0.2, 0.25) is 0 Å². The molecule has 2 fully saturated rings. The molecule has 4 nitrogen and oxygen atoms in total. The van der Waals surface area contributed by atoms with Gasteiger partial charge in [-0.3, -0.25) is 4.90 Å². The number of aromatic nitrogens is 1. The van der Waals surface area contributed by atoms with E-state index in [4.69, 9.17) is 9.26 Å². The lowest BCUT2D eigenvalue weighted by Crippen LogP contribution is -2.54. The molecule has 1 aromatic heterocycles. The van der Waals surface area contributed by atoms with Crippen molar-refractivity contribution < 1.29 is 9.26 Å². The molecule has 2 aliphatic rings. The first-order valence-electron chi connectivity index (χ1n) is 7.61. The minimum absolute atomic E-state index is 0.260. The molecule has 0 radical (unpaired) electrons. The Labute approximate surface area is 121 Å². The summed E-state index contributed by atoms with van der Waals surface area (Å²) in [5.74, 6) is 1.62. The van der Waals surface area contributed by atoms with Gasteiger partial charge in [-0.15, -0.1) is 0 Å². The Morgan fingerprint density at radius 1 is 1.45 bits per heavy atom. The van der Waals surface area contributed by atoms with E-state index in [-0.39, 0.29) is 5.54 Å². The summed E-state index contributed by atoms with van der Waals surface area (Å²) in [4.78, 5) is 2.60. The van der Waals surface area contributed by atoms with Gasteiger partial charge in [0.1, 0.15) is 6.61 Å². The molecule has 4 heteroatoms. The van der Waals surface area contributed by atoms with Crippen LogP contribution in [0.1, 0.15) is 51.5 Å². The van der Waals surface area contributed by atoms with Gasteiger partial charge in [0, 0.05) is 31.8 Å². The van der Waals surface area contributed by atoms with Crippen LogP contribution in [0, 0.1) is 11.3 Å². The van der Waals surface area contributed by atoms with Crippen LogP contribution in [0.4, 0.5) is 0 Å². The van der Waals surface area contributed by atoms with Crippen molar-refractivity contribution in [2.45, 2.75) is 58.7 Å². The maximum absolute atomic E-state index is 5.31. The molecule has 2 heterocycles. The van der Waals surface area contributed by atoms with Crippen LogP contribution in [-0.4, -0.2) is 29.3 Å². The van der Waals surface area contributed by atoms with E-state index in [9.17, 15) is 0 Å². The lowest BCUT2D eigenvalue weighted by molar-refractivity contribution is -0.0144. The minimum Gasteiger partial charge on any atom is -0.377 e. The zero-order valence-electron chi connectivity index (χ0n) is 13.1. The number of methoxy groups -OCH3 is 1. The monoisotopic (exact) mass is 278 g/mol. The van der Waals surface area contributed by atoms with Crippen LogP contribution in [-0.2, 0) is 17.9 Å². The van der Waals surface area contributed by atoms with Gasteiger partial charge in [0.25, 0.3) is 0 Å². The van der Waals surface area contributed by atoms with Crippen LogP contribution in [0.2, 0.25) is 0 Å². The highest BCUT2D eigenvalue weighted by atomic mass is 16.5. The molecular formula is C16H26N2O2. The molecule has 112 valence electrons. The van der Waals surface area contributed by atoms with E-state index >= 15 is 0 Å². The van der Waals surface area contributed by atoms with Crippen molar-refractivity contribution in [3.63, 3.8) is 0 Å². The number of rotatable bonds is 4. The molecular weight excluding hydrogens is 252 g/mol. The zero-order valence-corrected chi connectivity index (χ0v) is 13.1. The highest BCUT2D eigenvalue weighted by Gasteiger charge is 2.51. The van der Waals surface area contributed by atoms with Crippen LogP contribution in [0.25, 0.3) is 0 Å². The molecule has 20 heavy (non-hydrogen) atoms. The van der Waals surface area contributed by atoms with Gasteiger partial charge >= 0.3 is 0 Å². The zero-order chi connectivity index (χ0) is 14.4. The maximum Gasteiger partial charge on any atom is 0.162 e. The number of hydrogen-bond acceptors (Lipinski definition) is 4. The van der Waals surface area contributed by atoms with E-state index in [1.165, 1.54) is 25.8 Å². The first-order chi connectivity index (χ1) is 9.43. The second kappa shape index (κ2) is 4.85. The van der Waals surface area contributed by atoms with E-state index in [1.54, 1.807) is 7.11 Å². The predicted octanol–water partition coefficient (Wildman–Crippen LogP) is 3.22. The van der Waals surface area contributed by atoms with Gasteiger partial charge in [0.05, 0.1) is 5.69 Å². The minimum atomic E-state index is 0.260. The average molecular weight is 278 g/mol. The normalized spacial score (nSPS) is 32.7. The fourth-order valence-electron chi connectivity index (χ4n) is 4.09. The number of hydrogen-bond donors (Lipinski definition) is 0. The van der Waals surface area contributed by atoms with Crippen molar-refractivity contribution in [1.29, 1.82) is 0 Å². The summed E-state index contributed by atoms with van der Waals surface area (Å²) in [6.45, 7) is 9.76. The first kappa shape index (κ1) is 14.1. The van der Waals surface area contributed by atoms with Crippen LogP contribution in [0.5, 0.6) is 0 Å². The fraction of sp³-hybridized carbons (Fsp3) is 0.812. The summed E-state index contributed by atoms with van der Waals surface area (Å²) in [6, 6.07) is 2.03. The van der Waals surface area contributed by atoms with Gasteiger partial charge < -0.3 is 9.26 Å². The third kappa shape index (κ3) is 2.40. The molecule has 2 bridgehead atoms. The van der Waals surface area contributed by atoms with Crippen LogP contribution in [0.15, 0.2) is 10.6 Å². The lowest BCUT2D eigenvalue weighted by atomic mass is 9.75. The Morgan fingerprint density at radius 3 is 3.00 bits per heavy atom. The van der Waals surface area contributed by atoms with Crippen molar-refractivity contribution in [1.82, 2.24) is 10.1 Å². The molecule has 0 aromatic carbocycles. The van der Waals surface area contributed by atoms with Crippen molar-refractivity contribution >= 4 is 0 Å². The van der Waals surface area contributed by atoms with Crippen molar-refractivity contribution in [2.24, 2.45) is 11.3 Å². The topological polar surface area (TPSA) is 38.5 Å². The van der Waals surface area contributed by atoms with E-state index in [1.807, 2.05) is 6.07 Å². The van der Waals surface area contributed by atoms with Gasteiger partial charge in [0.15, 0.2) is 5.76 Å². The summed E-state index contributed by atoms with van der Waals surface area (Å²) in [6.07, 6.45) is 4.11. The number of nitrogens with zero attached hydrogens (tertiary/aromatic N) is 2. The first-order valence-corrected chi connectivity index (χ1v) is 7.61. The van der Waals surface area contributed by atoms with Crippen LogP contribution in [0.3, 0.4) is 0 Å². The largest absolute Gasteiger partial charge is 0.377 e. The van der Waals surface area contributed by atoms with E-state index in [0.29, 0.717) is 12.0 Å². The van der Waals surface area contributed by atoms with Gasteiger partial charge in [-0.2, -0.15) is 0 Å². The van der Waals surface area contributed by atoms with Crippen LogP contribution < -0.4 is 0 Å². The fourth-order valence-corrected chi connectivity index (χ4v) is 4.09. The van der Waals surface area contributed by atoms with Crippen molar-refractivity contribution in [3.05, 3.63) is 17.5 Å². The molecule has 0 spiro atoms. The Morgan fingerprint density at radius 2 is 2.25 bits per heavy atom. The third-order valence-corrected chi connectivity index (χ3v) is 5.47. The SMILES string of the molecule is COCc1cc(CN2C[C@]3(C)CC[C@@H](C3)C2(C)C)no1. The highest BCUT2D eigenvalue weighted by molar-refractivity contribution is 5.09. The number of likely N-dealkylation sites (tertiary alicyclic amines) is 1. The van der Waals surface area contributed by atoms with Gasteiger partial charge in [-0.25, -0.2) is 0 Å². The molecule has 1 aromatic rings. The van der Waals surface area contributed by atoms with Crippen molar-refractivity contribution in [2.75, 3.05) is 13.7 Å². The molecule has 1 saturated carbocycles. The quantitative estimate of drug-likeness (QED) is 0.847. The summed E-state index contributed by atoms with van der Waals surface area (Å²) < 4.78 is 10.4.